The van der Waals surface area contributed by atoms with Crippen LogP contribution in [0.1, 0.15) is 11.1 Å². The Hall–Kier alpha value is -3.29. The van der Waals surface area contributed by atoms with Crippen molar-refractivity contribution in [1.82, 2.24) is 0 Å². The van der Waals surface area contributed by atoms with Crippen LogP contribution >= 0.6 is 0 Å². The molecule has 0 spiro atoms. The highest BCUT2D eigenvalue weighted by Crippen LogP contribution is 2.45. The summed E-state index contributed by atoms with van der Waals surface area (Å²) in [5, 5.41) is 11.0. The molecule has 0 heterocycles. The highest BCUT2D eigenvalue weighted by molar-refractivity contribution is 6.30. The van der Waals surface area contributed by atoms with Crippen LogP contribution in [0.2, 0.25) is 0 Å². The first-order valence-electron chi connectivity index (χ1n) is 9.13. The van der Waals surface area contributed by atoms with Gasteiger partial charge in [-0.25, -0.2) is 0 Å². The molecule has 7 nitrogen and oxygen atoms in total. The van der Waals surface area contributed by atoms with Crippen molar-refractivity contribution in [2.75, 3.05) is 35.5 Å². The van der Waals surface area contributed by atoms with Crippen molar-refractivity contribution in [1.29, 1.82) is 0 Å². The minimum Gasteiger partial charge on any atom is -0.504 e. The lowest BCUT2D eigenvalue weighted by molar-refractivity contribution is -0.176. The maximum Gasteiger partial charge on any atom is 0.265 e. The maximum absolute atomic E-state index is 13.6. The Morgan fingerprint density at radius 3 is 1.57 bits per heavy atom. The number of Topliss-reactive ketones (excluding diaryl/α,β-unsaturated/α-hetero) is 1. The van der Waals surface area contributed by atoms with Crippen LogP contribution in [-0.4, -0.2) is 52.2 Å². The number of ketones is 1. The van der Waals surface area contributed by atoms with Crippen LogP contribution in [0.5, 0.6) is 11.5 Å². The number of benzene rings is 2. The second-order valence-corrected chi connectivity index (χ2v) is 6.44. The number of hydrogen-bond acceptors (Lipinski definition) is 7. The summed E-state index contributed by atoms with van der Waals surface area (Å²) in [5.41, 5.74) is 1.33. The van der Waals surface area contributed by atoms with Gasteiger partial charge in [0.25, 0.3) is 5.79 Å². The summed E-state index contributed by atoms with van der Waals surface area (Å²) in [5.74, 6) is -1.34. The van der Waals surface area contributed by atoms with Gasteiger partial charge in [-0.1, -0.05) is 24.3 Å². The lowest BCUT2D eigenvalue weighted by Gasteiger charge is -2.37. The zero-order valence-electron chi connectivity index (χ0n) is 17.5. The van der Waals surface area contributed by atoms with Crippen LogP contribution in [0.15, 0.2) is 60.0 Å². The molecule has 1 N–H and O–H groups in total. The van der Waals surface area contributed by atoms with E-state index in [4.69, 9.17) is 23.7 Å². The van der Waals surface area contributed by atoms with Gasteiger partial charge in [-0.2, -0.15) is 0 Å². The molecule has 30 heavy (non-hydrogen) atoms. The van der Waals surface area contributed by atoms with E-state index in [1.807, 2.05) is 0 Å². The molecule has 0 saturated heterocycles. The van der Waals surface area contributed by atoms with Crippen LogP contribution in [-0.2, 0) is 19.0 Å². The number of hydrogen-bond donors (Lipinski definition) is 1. The number of carbonyl (C=O) groups is 1. The summed E-state index contributed by atoms with van der Waals surface area (Å²) in [6.07, 6.45) is 0. The Morgan fingerprint density at radius 2 is 1.17 bits per heavy atom. The average molecular weight is 412 g/mol. The summed E-state index contributed by atoms with van der Waals surface area (Å²) < 4.78 is 27.2. The predicted molar refractivity (Wildman–Crippen MR) is 111 cm³/mol. The fraction of sp³-hybridized carbons (Fsp3) is 0.261. The number of aliphatic hydroxyl groups is 1. The van der Waals surface area contributed by atoms with Crippen molar-refractivity contribution in [3.05, 3.63) is 71.2 Å². The van der Waals surface area contributed by atoms with Crippen molar-refractivity contribution in [2.24, 2.45) is 0 Å². The predicted octanol–water partition coefficient (Wildman–Crippen LogP) is 3.60. The lowest BCUT2D eigenvalue weighted by atomic mass is 9.81. The molecule has 0 bridgehead atoms. The Labute approximate surface area is 175 Å². The normalized spacial score (nSPS) is 16.0. The monoisotopic (exact) mass is 412 g/mol. The van der Waals surface area contributed by atoms with E-state index in [2.05, 4.69) is 0 Å². The molecule has 1 aliphatic rings. The summed E-state index contributed by atoms with van der Waals surface area (Å²) in [7, 11) is 7.25. The van der Waals surface area contributed by atoms with E-state index >= 15 is 0 Å². The van der Waals surface area contributed by atoms with Gasteiger partial charge < -0.3 is 28.8 Å². The Morgan fingerprint density at radius 1 is 0.700 bits per heavy atom. The third-order valence-corrected chi connectivity index (χ3v) is 5.07. The van der Waals surface area contributed by atoms with Crippen LogP contribution in [0.3, 0.4) is 0 Å². The quantitative estimate of drug-likeness (QED) is 0.696. The smallest absolute Gasteiger partial charge is 0.265 e. The summed E-state index contributed by atoms with van der Waals surface area (Å²) in [4.78, 5) is 13.6. The molecule has 0 fully saturated rings. The van der Waals surface area contributed by atoms with Gasteiger partial charge >= 0.3 is 0 Å². The molecule has 2 aromatic carbocycles. The first-order valence-corrected chi connectivity index (χ1v) is 9.13. The number of aliphatic hydroxyl groups excluding tert-OH is 1. The van der Waals surface area contributed by atoms with Gasteiger partial charge in [0.1, 0.15) is 11.5 Å². The molecule has 0 unspecified atom stereocenters. The molecule has 0 aliphatic heterocycles. The largest absolute Gasteiger partial charge is 0.504 e. The van der Waals surface area contributed by atoms with Crippen molar-refractivity contribution in [2.45, 2.75) is 5.79 Å². The van der Waals surface area contributed by atoms with E-state index in [0.717, 1.165) is 0 Å². The van der Waals surface area contributed by atoms with Crippen molar-refractivity contribution < 1.29 is 33.6 Å². The molecule has 2 aromatic rings. The van der Waals surface area contributed by atoms with Gasteiger partial charge in [0.15, 0.2) is 11.5 Å². The van der Waals surface area contributed by atoms with E-state index in [9.17, 15) is 9.90 Å². The van der Waals surface area contributed by atoms with Gasteiger partial charge in [-0.3, -0.25) is 4.79 Å². The summed E-state index contributed by atoms with van der Waals surface area (Å²) in [6.45, 7) is 0. The van der Waals surface area contributed by atoms with Gasteiger partial charge in [0, 0.05) is 14.2 Å². The first kappa shape index (κ1) is 21.4. The van der Waals surface area contributed by atoms with Gasteiger partial charge in [0.2, 0.25) is 5.78 Å². The average Bonchev–Trinajstić information content (AvgIpc) is 2.79. The van der Waals surface area contributed by atoms with Crippen molar-refractivity contribution >= 4 is 16.9 Å². The highest BCUT2D eigenvalue weighted by Gasteiger charge is 2.52. The molecule has 0 amide bonds. The Balaban J connectivity index is 2.30. The van der Waals surface area contributed by atoms with E-state index in [0.29, 0.717) is 22.6 Å². The molecule has 158 valence electrons. The molecular weight excluding hydrogens is 388 g/mol. The molecular formula is C23H24O7. The molecule has 7 heteroatoms. The SMILES string of the molecule is COC1=C(c2ccc(OC)cc2)C(OC)(OC)C(=O)C(c2ccc(OC)cc2)=C1O. The second kappa shape index (κ2) is 8.61. The highest BCUT2D eigenvalue weighted by atomic mass is 16.7. The summed E-state index contributed by atoms with van der Waals surface area (Å²) >= 11 is 0. The first-order chi connectivity index (χ1) is 14.5. The van der Waals surface area contributed by atoms with Crippen molar-refractivity contribution in [3.8, 4) is 11.5 Å². The molecule has 0 radical (unpaired) electrons. The number of carbonyl (C=O) groups excluding carboxylic acids is 1. The fourth-order valence-electron chi connectivity index (χ4n) is 3.54. The van der Waals surface area contributed by atoms with Crippen molar-refractivity contribution in [3.63, 3.8) is 0 Å². The van der Waals surface area contributed by atoms with Gasteiger partial charge in [-0.15, -0.1) is 0 Å². The summed E-state index contributed by atoms with van der Waals surface area (Å²) in [6, 6.07) is 13.7. The zero-order chi connectivity index (χ0) is 21.9. The molecule has 1 aliphatic carbocycles. The number of rotatable bonds is 7. The Bertz CT molecular complexity index is 981. The van der Waals surface area contributed by atoms with E-state index in [1.165, 1.54) is 21.3 Å². The number of methoxy groups -OCH3 is 5. The van der Waals surface area contributed by atoms with Crippen LogP contribution in [0.25, 0.3) is 11.1 Å². The third kappa shape index (κ3) is 3.32. The van der Waals surface area contributed by atoms with E-state index in [1.54, 1.807) is 62.8 Å². The molecule has 0 saturated carbocycles. The standard InChI is InChI=1S/C23H24O7/c1-26-16-10-6-14(7-11-16)18-20(24)21(28-3)19(23(29-4,30-5)22(18)25)15-8-12-17(27-2)13-9-15/h6-13,24H,1-5H3. The maximum atomic E-state index is 13.6. The van der Waals surface area contributed by atoms with Crippen LogP contribution in [0.4, 0.5) is 0 Å². The van der Waals surface area contributed by atoms with Gasteiger partial charge in [0.05, 0.1) is 32.5 Å². The fourth-order valence-corrected chi connectivity index (χ4v) is 3.54. The minimum atomic E-state index is -1.82. The number of ether oxygens (including phenoxy) is 5. The third-order valence-electron chi connectivity index (χ3n) is 5.07. The zero-order valence-corrected chi connectivity index (χ0v) is 17.5. The topological polar surface area (TPSA) is 83.5 Å². The van der Waals surface area contributed by atoms with E-state index < -0.39 is 11.6 Å². The molecule has 0 atom stereocenters. The Kier molecular flexibility index (Phi) is 6.14. The molecule has 0 aromatic heterocycles. The molecule has 3 rings (SSSR count). The minimum absolute atomic E-state index is 0.0236. The second-order valence-electron chi connectivity index (χ2n) is 6.44. The van der Waals surface area contributed by atoms with Gasteiger partial charge in [-0.05, 0) is 35.4 Å². The van der Waals surface area contributed by atoms with Crippen LogP contribution < -0.4 is 9.47 Å². The van der Waals surface area contributed by atoms with Crippen LogP contribution in [0, 0.1) is 0 Å². The lowest BCUT2D eigenvalue weighted by Crippen LogP contribution is -2.47. The van der Waals surface area contributed by atoms with E-state index in [-0.39, 0.29) is 22.7 Å².